The third-order valence-electron chi connectivity index (χ3n) is 13.0. The van der Waals surface area contributed by atoms with Gasteiger partial charge in [-0.2, -0.15) is 0 Å². The Morgan fingerprint density at radius 1 is 0.662 bits per heavy atom. The Balaban J connectivity index is 0.000000257. The molecule has 0 bridgehead atoms. The Kier molecular flexibility index (Phi) is 13.4. The number of nitrogens with zero attached hydrogens (tertiary/aromatic N) is 3. The molecule has 7 heteroatoms. The van der Waals surface area contributed by atoms with Crippen LogP contribution in [0.1, 0.15) is 53.0 Å². The third-order valence-corrected chi connectivity index (χ3v) is 15.0. The van der Waals surface area contributed by atoms with Gasteiger partial charge in [0.2, 0.25) is 0 Å². The number of rotatable bonds is 8. The molecule has 0 aliphatic rings. The van der Waals surface area contributed by atoms with Crippen LogP contribution in [0.25, 0.3) is 94.7 Å². The molecule has 8 aromatic carbocycles. The molecule has 0 unspecified atom stereocenters. The smallest absolute Gasteiger partial charge is 0.123 e. The Labute approximate surface area is 433 Å². The number of pyridine rings is 1. The SMILES string of the molecule is CC(C)(C)c1cc(-c2ccccc2)c(-n2c(-c3[c-]ccc4c3oc3cc(-c5ccc(F)cc5)ccc34)nc3ccccc32)c(-c2ccccc2)c1.[2H]C(C)(C)c1cc(-c2[c-]cccc2)ncc1[Si](C)(C)C.[Ir]. The van der Waals surface area contributed by atoms with E-state index in [1.165, 1.54) is 22.9 Å². The molecular formula is C64H56FIrN3OSi-2. The van der Waals surface area contributed by atoms with Crippen LogP contribution >= 0.6 is 0 Å². The van der Waals surface area contributed by atoms with Crippen molar-refractivity contribution in [1.29, 1.82) is 0 Å². The van der Waals surface area contributed by atoms with E-state index in [4.69, 9.17) is 10.8 Å². The summed E-state index contributed by atoms with van der Waals surface area (Å²) in [7, 11) is -1.50. The first kappa shape index (κ1) is 47.6. The first-order valence-electron chi connectivity index (χ1n) is 24.4. The van der Waals surface area contributed by atoms with Crippen LogP contribution in [-0.4, -0.2) is 22.6 Å². The van der Waals surface area contributed by atoms with E-state index in [0.29, 0.717) is 5.58 Å². The number of aromatic nitrogens is 3. The maximum atomic E-state index is 13.7. The summed E-state index contributed by atoms with van der Waals surface area (Å²) in [6, 6.07) is 67.7. The van der Waals surface area contributed by atoms with Crippen molar-refractivity contribution >= 4 is 46.2 Å². The van der Waals surface area contributed by atoms with Gasteiger partial charge in [-0.05, 0) is 92.5 Å². The normalized spacial score (nSPS) is 12.1. The van der Waals surface area contributed by atoms with E-state index >= 15 is 0 Å². The summed E-state index contributed by atoms with van der Waals surface area (Å²) in [5.41, 5.74) is 15.7. The second kappa shape index (κ2) is 20.0. The molecule has 0 fully saturated rings. The van der Waals surface area contributed by atoms with E-state index in [-0.39, 0.29) is 31.3 Å². The van der Waals surface area contributed by atoms with E-state index in [0.717, 1.165) is 94.7 Å². The van der Waals surface area contributed by atoms with Crippen LogP contribution in [0, 0.1) is 17.9 Å². The number of para-hydroxylation sites is 2. The zero-order valence-electron chi connectivity index (χ0n) is 42.4. The molecule has 0 saturated heterocycles. The number of furan rings is 1. The molecule has 4 nitrogen and oxygen atoms in total. The van der Waals surface area contributed by atoms with E-state index in [9.17, 15) is 4.39 Å². The summed E-state index contributed by atoms with van der Waals surface area (Å²) in [6.45, 7) is 17.6. The molecule has 0 spiro atoms. The minimum Gasteiger partial charge on any atom is -0.501 e. The molecule has 11 rings (SSSR count). The number of hydrogen-bond donors (Lipinski definition) is 0. The van der Waals surface area contributed by atoms with Gasteiger partial charge in [-0.3, -0.25) is 4.98 Å². The van der Waals surface area contributed by atoms with E-state index < -0.39 is 14.0 Å². The van der Waals surface area contributed by atoms with Crippen molar-refractivity contribution in [2.24, 2.45) is 0 Å². The largest absolute Gasteiger partial charge is 0.501 e. The van der Waals surface area contributed by atoms with Gasteiger partial charge in [0, 0.05) is 44.2 Å². The fourth-order valence-corrected chi connectivity index (χ4v) is 10.9. The predicted molar refractivity (Wildman–Crippen MR) is 293 cm³/mol. The molecule has 0 saturated carbocycles. The number of halogens is 1. The molecule has 71 heavy (non-hydrogen) atoms. The number of hydrogen-bond acceptors (Lipinski definition) is 3. The van der Waals surface area contributed by atoms with Crippen molar-refractivity contribution in [2.45, 2.75) is 65.6 Å². The van der Waals surface area contributed by atoms with Crippen LogP contribution < -0.4 is 5.19 Å². The Hall–Kier alpha value is -7.02. The summed E-state index contributed by atoms with van der Waals surface area (Å²) in [5.74, 6) is -0.120. The fraction of sp³-hybridized carbons (Fsp3) is 0.156. The van der Waals surface area contributed by atoms with Gasteiger partial charge in [-0.25, -0.2) is 4.39 Å². The van der Waals surface area contributed by atoms with Gasteiger partial charge in [0.1, 0.15) is 11.4 Å². The van der Waals surface area contributed by atoms with E-state index in [1.54, 1.807) is 12.1 Å². The van der Waals surface area contributed by atoms with Gasteiger partial charge in [0.15, 0.2) is 0 Å². The molecule has 0 atom stereocenters. The minimum atomic E-state index is -1.50. The molecule has 0 N–H and O–H groups in total. The standard InChI is InChI=1S/C47H34FN2O.C17H22NSi.Ir/c1-47(2,3)34-28-39(31-13-6-4-7-14-31)44(40(29-34)32-15-8-5-9-16-32)50-42-20-11-10-19-41(42)49-46(50)38-18-12-17-37-36-26-23-33(27-43(36)51-45(37)38)30-21-24-35(48)25-22-30;1-13(2)15-11-16(14-9-7-6-8-10-14)18-12-17(15)19(3,4)5;/h4-17,19-29H,1-3H3;6-9,11-13H,1-5H3;/q2*-1;/i;13D;. The number of benzene rings is 8. The van der Waals surface area contributed by atoms with Crippen molar-refractivity contribution in [2.75, 3.05) is 0 Å². The van der Waals surface area contributed by atoms with E-state index in [2.05, 4.69) is 177 Å². The summed E-state index contributed by atoms with van der Waals surface area (Å²) in [5, 5.41) is 3.26. The number of fused-ring (bicyclic) bond motifs is 4. The predicted octanol–water partition coefficient (Wildman–Crippen LogP) is 17.0. The first-order valence-corrected chi connectivity index (χ1v) is 27.4. The quantitative estimate of drug-likeness (QED) is 0.112. The second-order valence-corrected chi connectivity index (χ2v) is 25.3. The number of imidazole rings is 1. The van der Waals surface area contributed by atoms with Crippen molar-refractivity contribution in [1.82, 2.24) is 14.5 Å². The molecule has 11 aromatic rings. The van der Waals surface area contributed by atoms with Crippen LogP contribution in [0.2, 0.25) is 19.6 Å². The Bertz CT molecular complexity index is 3640. The summed E-state index contributed by atoms with van der Waals surface area (Å²) >= 11 is 0. The molecular weight excluding hydrogens is 1070 g/mol. The molecule has 0 amide bonds. The Morgan fingerprint density at radius 3 is 1.92 bits per heavy atom. The summed E-state index contributed by atoms with van der Waals surface area (Å²) in [6.07, 6.45) is 1.98. The molecule has 0 aliphatic heterocycles. The van der Waals surface area contributed by atoms with Crippen molar-refractivity contribution in [3.8, 4) is 61.7 Å². The van der Waals surface area contributed by atoms with Crippen molar-refractivity contribution in [3.63, 3.8) is 0 Å². The van der Waals surface area contributed by atoms with Gasteiger partial charge in [0.25, 0.3) is 0 Å². The molecule has 3 heterocycles. The average molecular weight is 1120 g/mol. The van der Waals surface area contributed by atoms with Gasteiger partial charge in [0.05, 0.1) is 36.2 Å². The third kappa shape index (κ3) is 9.88. The van der Waals surface area contributed by atoms with Gasteiger partial charge in [-0.1, -0.05) is 174 Å². The maximum Gasteiger partial charge on any atom is 0.123 e. The summed E-state index contributed by atoms with van der Waals surface area (Å²) < 4.78 is 31.2. The topological polar surface area (TPSA) is 43.9 Å². The second-order valence-electron chi connectivity index (χ2n) is 20.2. The van der Waals surface area contributed by atoms with Crippen molar-refractivity contribution < 1.29 is 30.3 Å². The van der Waals surface area contributed by atoms with Crippen LogP contribution in [0.5, 0.6) is 0 Å². The van der Waals surface area contributed by atoms with Crippen LogP contribution in [-0.2, 0) is 25.5 Å². The average Bonchev–Trinajstić information content (AvgIpc) is 3.95. The zero-order chi connectivity index (χ0) is 49.7. The molecule has 355 valence electrons. The van der Waals surface area contributed by atoms with Crippen LogP contribution in [0.4, 0.5) is 4.39 Å². The molecule has 1 radical (unpaired) electrons. The first-order chi connectivity index (χ1) is 34.0. The van der Waals surface area contributed by atoms with Gasteiger partial charge in [-0.15, -0.1) is 54.1 Å². The van der Waals surface area contributed by atoms with Crippen LogP contribution in [0.15, 0.2) is 193 Å². The van der Waals surface area contributed by atoms with E-state index in [1.807, 2.05) is 62.5 Å². The monoisotopic (exact) mass is 1120 g/mol. The van der Waals surface area contributed by atoms with Crippen LogP contribution in [0.3, 0.4) is 0 Å². The van der Waals surface area contributed by atoms with Gasteiger partial charge < -0.3 is 14.0 Å². The van der Waals surface area contributed by atoms with Crippen molar-refractivity contribution in [3.05, 3.63) is 217 Å². The fourth-order valence-electron chi connectivity index (χ4n) is 9.30. The Morgan fingerprint density at radius 2 is 1.30 bits per heavy atom. The van der Waals surface area contributed by atoms with Gasteiger partial charge >= 0.3 is 0 Å². The zero-order valence-corrected chi connectivity index (χ0v) is 44.8. The molecule has 0 aliphatic carbocycles. The minimum absolute atomic E-state index is 0. The molecule has 3 aromatic heterocycles. The summed E-state index contributed by atoms with van der Waals surface area (Å²) in [4.78, 5) is 9.94. The maximum absolute atomic E-state index is 13.7.